The van der Waals surface area contributed by atoms with Gasteiger partial charge in [-0.25, -0.2) is 9.97 Å². The van der Waals surface area contributed by atoms with E-state index in [0.717, 1.165) is 0 Å². The van der Waals surface area contributed by atoms with Crippen molar-refractivity contribution >= 4 is 21.6 Å². The lowest BCUT2D eigenvalue weighted by Gasteiger charge is -2.17. The maximum absolute atomic E-state index is 10.2. The second kappa shape index (κ2) is 6.07. The molecule has 2 N–H and O–H groups in total. The molecule has 6 nitrogen and oxygen atoms in total. The standard InChI is InChI=1S/C13H18BrN3O3/c1-4-8(18)7-6-15-12-13(20-3)16-11(14)10(17(7)12)9(19)5-2/h6,8-9,18-19H,4-5H2,1-3H3. The number of fused-ring (bicyclic) bond motifs is 1. The van der Waals surface area contributed by atoms with Crippen molar-refractivity contribution in [1.29, 1.82) is 0 Å². The van der Waals surface area contributed by atoms with Crippen molar-refractivity contribution in [1.82, 2.24) is 14.4 Å². The lowest BCUT2D eigenvalue weighted by atomic mass is 10.2. The van der Waals surface area contributed by atoms with E-state index in [2.05, 4.69) is 25.9 Å². The minimum absolute atomic E-state index is 0.346. The fraction of sp³-hybridized carbons (Fsp3) is 0.538. The first kappa shape index (κ1) is 15.2. The Morgan fingerprint density at radius 1 is 1.30 bits per heavy atom. The highest BCUT2D eigenvalue weighted by molar-refractivity contribution is 9.10. The van der Waals surface area contributed by atoms with Crippen LogP contribution in [-0.2, 0) is 0 Å². The predicted molar refractivity (Wildman–Crippen MR) is 77.7 cm³/mol. The summed E-state index contributed by atoms with van der Waals surface area (Å²) in [6.07, 6.45) is 1.31. The fourth-order valence-electron chi connectivity index (χ4n) is 2.12. The topological polar surface area (TPSA) is 79.9 Å². The fourth-order valence-corrected chi connectivity index (χ4v) is 2.72. The number of hydrogen-bond donors (Lipinski definition) is 2. The molecule has 0 radical (unpaired) electrons. The Kier molecular flexibility index (Phi) is 4.62. The largest absolute Gasteiger partial charge is 0.478 e. The summed E-state index contributed by atoms with van der Waals surface area (Å²) in [6, 6.07) is 0. The Morgan fingerprint density at radius 2 is 1.95 bits per heavy atom. The zero-order chi connectivity index (χ0) is 14.9. The molecule has 20 heavy (non-hydrogen) atoms. The third-order valence-corrected chi connectivity index (χ3v) is 3.84. The van der Waals surface area contributed by atoms with E-state index in [4.69, 9.17) is 4.74 Å². The van der Waals surface area contributed by atoms with Crippen LogP contribution in [0.5, 0.6) is 5.88 Å². The molecule has 0 aromatic carbocycles. The van der Waals surface area contributed by atoms with E-state index in [1.54, 1.807) is 10.6 Å². The average molecular weight is 344 g/mol. The van der Waals surface area contributed by atoms with Crippen LogP contribution in [0.4, 0.5) is 0 Å². The molecule has 110 valence electrons. The molecule has 2 aromatic rings. The Balaban J connectivity index is 2.82. The first-order valence-corrected chi connectivity index (χ1v) is 7.31. The van der Waals surface area contributed by atoms with Crippen LogP contribution in [0.3, 0.4) is 0 Å². The monoisotopic (exact) mass is 343 g/mol. The quantitative estimate of drug-likeness (QED) is 0.871. The number of halogens is 1. The van der Waals surface area contributed by atoms with Gasteiger partial charge in [0, 0.05) is 0 Å². The number of ether oxygens (including phenoxy) is 1. The average Bonchev–Trinajstić information content (AvgIpc) is 2.89. The lowest BCUT2D eigenvalue weighted by molar-refractivity contribution is 0.154. The summed E-state index contributed by atoms with van der Waals surface area (Å²) < 4.78 is 7.42. The van der Waals surface area contributed by atoms with Gasteiger partial charge >= 0.3 is 0 Å². The summed E-state index contributed by atoms with van der Waals surface area (Å²) in [5, 5.41) is 20.4. The van der Waals surface area contributed by atoms with Gasteiger partial charge in [-0.3, -0.25) is 4.40 Å². The Labute approximate surface area is 125 Å². The van der Waals surface area contributed by atoms with E-state index in [-0.39, 0.29) is 0 Å². The molecule has 0 fully saturated rings. The van der Waals surface area contributed by atoms with Gasteiger partial charge in [0.15, 0.2) is 0 Å². The van der Waals surface area contributed by atoms with Crippen molar-refractivity contribution in [3.63, 3.8) is 0 Å². The summed E-state index contributed by atoms with van der Waals surface area (Å²) in [5.74, 6) is 0.346. The molecule has 0 saturated heterocycles. The van der Waals surface area contributed by atoms with Gasteiger partial charge in [0.25, 0.3) is 5.88 Å². The molecular formula is C13H18BrN3O3. The van der Waals surface area contributed by atoms with E-state index in [0.29, 0.717) is 40.4 Å². The molecule has 2 aromatic heterocycles. The van der Waals surface area contributed by atoms with Crippen molar-refractivity contribution in [3.8, 4) is 5.88 Å². The number of imidazole rings is 1. The summed E-state index contributed by atoms with van der Waals surface area (Å²) in [4.78, 5) is 8.52. The van der Waals surface area contributed by atoms with Gasteiger partial charge in [0.1, 0.15) is 4.60 Å². The van der Waals surface area contributed by atoms with Crippen molar-refractivity contribution in [2.24, 2.45) is 0 Å². The molecule has 7 heteroatoms. The minimum Gasteiger partial charge on any atom is -0.478 e. The highest BCUT2D eigenvalue weighted by Gasteiger charge is 2.23. The molecule has 2 unspecified atom stereocenters. The number of aliphatic hydroxyl groups excluding tert-OH is 2. The Hall–Kier alpha value is -1.18. The van der Waals surface area contributed by atoms with E-state index in [1.807, 2.05) is 13.8 Å². The second-order valence-electron chi connectivity index (χ2n) is 4.49. The number of hydrogen-bond acceptors (Lipinski definition) is 5. The summed E-state index contributed by atoms with van der Waals surface area (Å²) in [6.45, 7) is 3.76. The number of methoxy groups -OCH3 is 1. The summed E-state index contributed by atoms with van der Waals surface area (Å²) >= 11 is 3.36. The maximum atomic E-state index is 10.2. The van der Waals surface area contributed by atoms with Gasteiger partial charge in [0.2, 0.25) is 5.65 Å². The molecule has 0 saturated carbocycles. The molecule has 0 aliphatic carbocycles. The molecule has 0 aliphatic heterocycles. The number of aromatic nitrogens is 3. The highest BCUT2D eigenvalue weighted by atomic mass is 79.9. The lowest BCUT2D eigenvalue weighted by Crippen LogP contribution is -2.12. The molecule has 2 rings (SSSR count). The maximum Gasteiger partial charge on any atom is 0.259 e. The van der Waals surface area contributed by atoms with Gasteiger partial charge in [-0.2, -0.15) is 0 Å². The van der Waals surface area contributed by atoms with Gasteiger partial charge in [-0.15, -0.1) is 0 Å². The SMILES string of the molecule is CCC(O)c1cnc2c(OC)nc(Br)c(C(O)CC)n12. The smallest absolute Gasteiger partial charge is 0.259 e. The van der Waals surface area contributed by atoms with E-state index < -0.39 is 12.2 Å². The van der Waals surface area contributed by atoms with Crippen LogP contribution in [-0.4, -0.2) is 31.7 Å². The molecule has 0 spiro atoms. The second-order valence-corrected chi connectivity index (χ2v) is 5.24. The number of rotatable bonds is 5. The van der Waals surface area contributed by atoms with Crippen LogP contribution >= 0.6 is 15.9 Å². The number of nitrogens with zero attached hydrogens (tertiary/aromatic N) is 3. The van der Waals surface area contributed by atoms with Crippen LogP contribution in [0.1, 0.15) is 50.3 Å². The normalized spacial score (nSPS) is 14.5. The predicted octanol–water partition coefficient (Wildman–Crippen LogP) is 2.39. The molecule has 0 aliphatic rings. The molecular weight excluding hydrogens is 326 g/mol. The Morgan fingerprint density at radius 3 is 2.50 bits per heavy atom. The van der Waals surface area contributed by atoms with Gasteiger partial charge in [0.05, 0.1) is 36.9 Å². The first-order valence-electron chi connectivity index (χ1n) is 6.51. The van der Waals surface area contributed by atoms with Crippen LogP contribution in [0.2, 0.25) is 0 Å². The molecule has 0 amide bonds. The molecule has 2 atom stereocenters. The molecule has 0 bridgehead atoms. The van der Waals surface area contributed by atoms with E-state index >= 15 is 0 Å². The van der Waals surface area contributed by atoms with E-state index in [9.17, 15) is 10.2 Å². The van der Waals surface area contributed by atoms with Crippen molar-refractivity contribution < 1.29 is 14.9 Å². The van der Waals surface area contributed by atoms with Crippen LogP contribution in [0.25, 0.3) is 5.65 Å². The Bertz CT molecular complexity index is 614. The third-order valence-electron chi connectivity index (χ3n) is 3.26. The first-order chi connectivity index (χ1) is 9.54. The zero-order valence-electron chi connectivity index (χ0n) is 11.7. The van der Waals surface area contributed by atoms with Crippen molar-refractivity contribution in [2.45, 2.75) is 38.9 Å². The van der Waals surface area contributed by atoms with E-state index in [1.165, 1.54) is 7.11 Å². The van der Waals surface area contributed by atoms with Crippen molar-refractivity contribution in [2.75, 3.05) is 7.11 Å². The van der Waals surface area contributed by atoms with Gasteiger partial charge in [-0.05, 0) is 28.8 Å². The van der Waals surface area contributed by atoms with Gasteiger partial charge in [-0.1, -0.05) is 13.8 Å². The van der Waals surface area contributed by atoms with Crippen LogP contribution in [0, 0.1) is 0 Å². The van der Waals surface area contributed by atoms with Crippen LogP contribution < -0.4 is 4.74 Å². The van der Waals surface area contributed by atoms with Gasteiger partial charge < -0.3 is 14.9 Å². The summed E-state index contributed by atoms with van der Waals surface area (Å²) in [7, 11) is 1.51. The highest BCUT2D eigenvalue weighted by Crippen LogP contribution is 2.32. The van der Waals surface area contributed by atoms with Crippen molar-refractivity contribution in [3.05, 3.63) is 22.2 Å². The number of aliphatic hydroxyl groups is 2. The van der Waals surface area contributed by atoms with Crippen LogP contribution in [0.15, 0.2) is 10.8 Å². The molecule has 2 heterocycles. The minimum atomic E-state index is -0.706. The zero-order valence-corrected chi connectivity index (χ0v) is 13.3. The third kappa shape index (κ3) is 2.41. The summed E-state index contributed by atoms with van der Waals surface area (Å²) in [5.41, 5.74) is 1.68.